The first-order valence-corrected chi connectivity index (χ1v) is 14.5. The fourth-order valence-electron chi connectivity index (χ4n) is 10.5. The van der Waals surface area contributed by atoms with Crippen LogP contribution < -0.4 is 5.73 Å². The van der Waals surface area contributed by atoms with E-state index in [1.54, 1.807) is 6.92 Å². The van der Waals surface area contributed by atoms with E-state index >= 15 is 0 Å². The van der Waals surface area contributed by atoms with E-state index in [1.807, 2.05) is 13.0 Å². The summed E-state index contributed by atoms with van der Waals surface area (Å²) in [5.41, 5.74) is 3.56. The molecule has 0 aromatic carbocycles. The summed E-state index contributed by atoms with van der Waals surface area (Å²) in [5, 5.41) is 21.0. The van der Waals surface area contributed by atoms with Gasteiger partial charge in [0.1, 0.15) is 11.2 Å². The van der Waals surface area contributed by atoms with Crippen LogP contribution in [-0.4, -0.2) is 29.9 Å². The SMILES string of the molecule is COC(=O)[C@]12CCC(C)(C)C[C@H]1[C@H]1C(=O)C=C3[C@@]4(C)CC(C#N)=C(O)[C@@](C)(C(N)=O)[C@@H]4CC[C@@]3(C)[C@]1(C)CC2. The number of nitrogens with zero attached hydrogens (tertiary/aromatic N) is 1. The van der Waals surface area contributed by atoms with Gasteiger partial charge < -0.3 is 15.6 Å². The predicted octanol–water partition coefficient (Wildman–Crippen LogP) is 5.55. The van der Waals surface area contributed by atoms with E-state index in [9.17, 15) is 24.8 Å². The average Bonchev–Trinajstić information content (AvgIpc) is 2.86. The molecule has 1 amide bonds. The number of fused-ring (bicyclic) bond motifs is 7. The van der Waals surface area contributed by atoms with Crippen LogP contribution in [0.15, 0.2) is 23.0 Å². The quantitative estimate of drug-likeness (QED) is 0.445. The van der Waals surface area contributed by atoms with Crippen molar-refractivity contribution in [2.45, 2.75) is 92.9 Å². The maximum absolute atomic E-state index is 14.4. The third kappa shape index (κ3) is 3.24. The molecule has 3 saturated carbocycles. The molecule has 7 nitrogen and oxygen atoms in total. The van der Waals surface area contributed by atoms with Crippen molar-refractivity contribution < 1.29 is 24.2 Å². The number of ether oxygens (including phenoxy) is 1. The summed E-state index contributed by atoms with van der Waals surface area (Å²) in [6.07, 6.45) is 7.31. The molecule has 5 aliphatic rings. The summed E-state index contributed by atoms with van der Waals surface area (Å²) in [7, 11) is 1.46. The summed E-state index contributed by atoms with van der Waals surface area (Å²) in [5.74, 6) is -1.77. The molecule has 212 valence electrons. The smallest absolute Gasteiger partial charge is 0.312 e. The van der Waals surface area contributed by atoms with E-state index in [4.69, 9.17) is 10.5 Å². The number of hydrogen-bond donors (Lipinski definition) is 2. The Morgan fingerprint density at radius 3 is 2.31 bits per heavy atom. The Morgan fingerprint density at radius 2 is 1.72 bits per heavy atom. The number of carbonyl (C=O) groups is 3. The molecule has 0 unspecified atom stereocenters. The second-order valence-corrected chi connectivity index (χ2v) is 15.0. The Kier molecular flexibility index (Phi) is 5.88. The van der Waals surface area contributed by atoms with Crippen LogP contribution in [0.4, 0.5) is 0 Å². The molecule has 0 aromatic heterocycles. The van der Waals surface area contributed by atoms with Crippen molar-refractivity contribution in [1.29, 1.82) is 5.26 Å². The highest BCUT2D eigenvalue weighted by Crippen LogP contribution is 2.75. The topological polar surface area (TPSA) is 130 Å². The van der Waals surface area contributed by atoms with Crippen LogP contribution in [-0.2, 0) is 19.1 Å². The van der Waals surface area contributed by atoms with Crippen molar-refractivity contribution in [1.82, 2.24) is 0 Å². The van der Waals surface area contributed by atoms with Gasteiger partial charge in [0.05, 0.1) is 24.2 Å². The average molecular weight is 537 g/mol. The predicted molar refractivity (Wildman–Crippen MR) is 146 cm³/mol. The zero-order valence-corrected chi connectivity index (χ0v) is 24.6. The van der Waals surface area contributed by atoms with Crippen LogP contribution in [0.3, 0.4) is 0 Å². The molecule has 0 aliphatic heterocycles. The Balaban J connectivity index is 1.70. The number of allylic oxidation sites excluding steroid dienone is 3. The Labute approximate surface area is 232 Å². The molecule has 3 N–H and O–H groups in total. The summed E-state index contributed by atoms with van der Waals surface area (Å²) in [6, 6.07) is 2.14. The molecule has 5 aliphatic carbocycles. The maximum Gasteiger partial charge on any atom is 0.312 e. The number of amides is 1. The number of esters is 1. The van der Waals surface area contributed by atoms with Gasteiger partial charge in [-0.15, -0.1) is 0 Å². The summed E-state index contributed by atoms with van der Waals surface area (Å²) in [6.45, 7) is 12.7. The Morgan fingerprint density at radius 1 is 1.08 bits per heavy atom. The first kappa shape index (κ1) is 27.9. The van der Waals surface area contributed by atoms with Crippen LogP contribution in [0.1, 0.15) is 92.9 Å². The summed E-state index contributed by atoms with van der Waals surface area (Å²) >= 11 is 0. The highest BCUT2D eigenvalue weighted by Gasteiger charge is 2.72. The van der Waals surface area contributed by atoms with Crippen molar-refractivity contribution in [3.63, 3.8) is 0 Å². The lowest BCUT2D eigenvalue weighted by Gasteiger charge is -2.69. The van der Waals surface area contributed by atoms with Crippen LogP contribution in [0, 0.1) is 61.6 Å². The van der Waals surface area contributed by atoms with Gasteiger partial charge in [-0.25, -0.2) is 0 Å². The number of rotatable bonds is 2. The van der Waals surface area contributed by atoms with Crippen molar-refractivity contribution in [3.8, 4) is 6.07 Å². The van der Waals surface area contributed by atoms with Gasteiger partial charge in [0, 0.05) is 5.92 Å². The molecule has 0 radical (unpaired) electrons. The van der Waals surface area contributed by atoms with E-state index in [1.165, 1.54) is 7.11 Å². The van der Waals surface area contributed by atoms with Gasteiger partial charge in [0.15, 0.2) is 5.78 Å². The standard InChI is InChI=1S/C32H44N2O5/c1-27(2)10-12-32(26(38)39-7)13-11-30(5)23(19(32)16-27)20(35)14-22-28(3)15-18(17-33)24(36)31(6,25(34)37)21(28)8-9-29(22,30)4/h14,19,21,23,36H,8-13,15-16H2,1-7H3,(H2,34,37)/t19-,21+,23-,28-,29+,30+,31-,32-/m0/s1. The first-order valence-electron chi connectivity index (χ1n) is 14.5. The molecular formula is C32H44N2O5. The van der Waals surface area contributed by atoms with Gasteiger partial charge in [-0.3, -0.25) is 14.4 Å². The van der Waals surface area contributed by atoms with E-state index in [2.05, 4.69) is 33.8 Å². The molecule has 3 fully saturated rings. The third-order valence-corrected chi connectivity index (χ3v) is 12.9. The second kappa shape index (κ2) is 8.21. The lowest BCUT2D eigenvalue weighted by molar-refractivity contribution is -0.192. The van der Waals surface area contributed by atoms with Gasteiger partial charge in [0.25, 0.3) is 0 Å². The number of aliphatic hydroxyl groups excluding tert-OH is 1. The minimum Gasteiger partial charge on any atom is -0.510 e. The lowest BCUT2D eigenvalue weighted by Crippen LogP contribution is -2.66. The van der Waals surface area contributed by atoms with Crippen molar-refractivity contribution in [2.24, 2.45) is 56.0 Å². The largest absolute Gasteiger partial charge is 0.510 e. The summed E-state index contributed by atoms with van der Waals surface area (Å²) < 4.78 is 5.40. The normalized spacial score (nSPS) is 46.5. The molecule has 5 rings (SSSR count). The number of primary amides is 1. The molecule has 7 heteroatoms. The van der Waals surface area contributed by atoms with E-state index in [0.717, 1.165) is 37.7 Å². The molecule has 0 spiro atoms. The van der Waals surface area contributed by atoms with Crippen molar-refractivity contribution in [2.75, 3.05) is 7.11 Å². The zero-order valence-electron chi connectivity index (χ0n) is 24.6. The van der Waals surface area contributed by atoms with Crippen LogP contribution in [0.5, 0.6) is 0 Å². The lowest BCUT2D eigenvalue weighted by atomic mass is 9.34. The van der Waals surface area contributed by atoms with Crippen LogP contribution in [0.2, 0.25) is 0 Å². The minimum atomic E-state index is -1.39. The molecule has 0 aromatic rings. The molecule has 39 heavy (non-hydrogen) atoms. The number of nitrogens with two attached hydrogens (primary N) is 1. The molecule has 0 saturated heterocycles. The molecule has 8 atom stereocenters. The number of ketones is 1. The van der Waals surface area contributed by atoms with Gasteiger partial charge in [0.2, 0.25) is 5.91 Å². The van der Waals surface area contributed by atoms with Crippen molar-refractivity contribution >= 4 is 17.7 Å². The summed E-state index contributed by atoms with van der Waals surface area (Å²) in [4.78, 5) is 40.7. The maximum atomic E-state index is 14.4. The highest BCUT2D eigenvalue weighted by molar-refractivity contribution is 5.96. The van der Waals surface area contributed by atoms with Gasteiger partial charge >= 0.3 is 5.97 Å². The highest BCUT2D eigenvalue weighted by atomic mass is 16.5. The number of carbonyl (C=O) groups excluding carboxylic acids is 3. The van der Waals surface area contributed by atoms with E-state index in [0.29, 0.717) is 12.8 Å². The van der Waals surface area contributed by atoms with Crippen LogP contribution >= 0.6 is 0 Å². The van der Waals surface area contributed by atoms with Gasteiger partial charge in [-0.05, 0) is 97.9 Å². The van der Waals surface area contributed by atoms with Gasteiger partial charge in [-0.1, -0.05) is 40.2 Å². The minimum absolute atomic E-state index is 0.0198. The fourth-order valence-corrected chi connectivity index (χ4v) is 10.5. The van der Waals surface area contributed by atoms with Crippen molar-refractivity contribution in [3.05, 3.63) is 23.0 Å². The molecular weight excluding hydrogens is 492 g/mol. The number of aliphatic hydroxyl groups is 1. The Bertz CT molecular complexity index is 1270. The van der Waals surface area contributed by atoms with E-state index in [-0.39, 0.29) is 58.1 Å². The van der Waals surface area contributed by atoms with E-state index < -0.39 is 27.6 Å². The Hall–Kier alpha value is -2.62. The van der Waals surface area contributed by atoms with Gasteiger partial charge in [-0.2, -0.15) is 5.26 Å². The number of hydrogen-bond acceptors (Lipinski definition) is 6. The second-order valence-electron chi connectivity index (χ2n) is 15.0. The number of nitriles is 1. The fraction of sp³-hybridized carbons (Fsp3) is 0.750. The van der Waals surface area contributed by atoms with Crippen LogP contribution in [0.25, 0.3) is 0 Å². The number of methoxy groups -OCH3 is 1. The third-order valence-electron chi connectivity index (χ3n) is 12.9. The first-order chi connectivity index (χ1) is 18.0. The molecule has 0 bridgehead atoms. The molecule has 0 heterocycles. The zero-order chi connectivity index (χ0) is 29.0. The monoisotopic (exact) mass is 536 g/mol.